The maximum atomic E-state index is 14.9. The Kier molecular flexibility index (Phi) is 25.2. The Morgan fingerprint density at radius 1 is 0.252 bits per heavy atom. The van der Waals surface area contributed by atoms with E-state index in [-0.39, 0.29) is 93.8 Å². The van der Waals surface area contributed by atoms with Gasteiger partial charge in [-0.2, -0.15) is 0 Å². The van der Waals surface area contributed by atoms with Crippen LogP contribution >= 0.6 is 0 Å². The zero-order chi connectivity index (χ0) is 84.0. The van der Waals surface area contributed by atoms with Gasteiger partial charge in [0.2, 0.25) is 0 Å². The van der Waals surface area contributed by atoms with Gasteiger partial charge in [0.25, 0.3) is 0 Å². The highest BCUT2D eigenvalue weighted by molar-refractivity contribution is 5.72. The van der Waals surface area contributed by atoms with Gasteiger partial charge >= 0.3 is 0 Å². The van der Waals surface area contributed by atoms with Gasteiger partial charge in [-0.3, -0.25) is 0 Å². The third-order valence-corrected chi connectivity index (χ3v) is 22.4. The molecule has 0 saturated carbocycles. The van der Waals surface area contributed by atoms with Gasteiger partial charge in [0.1, 0.15) is 123 Å². The van der Waals surface area contributed by atoms with Crippen molar-refractivity contribution in [3.8, 4) is 86.2 Å². The maximum absolute atomic E-state index is 14.9. The molecule has 14 aromatic rings. The minimum absolute atomic E-state index is 0.0000628. The molecule has 18 heteroatoms. The van der Waals surface area contributed by atoms with Crippen LogP contribution in [0.2, 0.25) is 0 Å². The lowest BCUT2D eigenvalue weighted by Crippen LogP contribution is -2.39. The van der Waals surface area contributed by atoms with Crippen LogP contribution in [0.15, 0.2) is 322 Å². The van der Waals surface area contributed by atoms with Crippen LogP contribution in [-0.2, 0) is 59.3 Å². The summed E-state index contributed by atoms with van der Waals surface area (Å²) in [5.74, 6) is 2.18. The minimum atomic E-state index is -1.63. The van der Waals surface area contributed by atoms with Crippen LogP contribution < -0.4 is 71.1 Å². The van der Waals surface area contributed by atoms with E-state index < -0.39 is 48.5 Å². The fraction of sp³-hybridized carbons (Fsp3) is 0.200. The molecule has 0 aromatic heterocycles. The number of hydrogen-bond acceptors (Lipinski definition) is 18. The molecule has 17 rings (SSSR count). The molecule has 14 aromatic carbocycles. The second kappa shape index (κ2) is 38.1. The highest BCUT2D eigenvalue weighted by atomic mass is 16.6. The van der Waals surface area contributed by atoms with Crippen molar-refractivity contribution in [2.24, 2.45) is 0 Å². The molecule has 3 N–H and O–H groups in total. The van der Waals surface area contributed by atoms with Gasteiger partial charge in [-0.15, -0.1) is 0 Å². The predicted octanol–water partition coefficient (Wildman–Crippen LogP) is 20.6. The van der Waals surface area contributed by atoms with Crippen molar-refractivity contribution in [3.63, 3.8) is 0 Å². The molecular formula is C105H94O18. The molecule has 0 bridgehead atoms. The zero-order valence-electron chi connectivity index (χ0n) is 68.5. The molecule has 0 unspecified atom stereocenters. The summed E-state index contributed by atoms with van der Waals surface area (Å²) >= 11 is 0. The highest BCUT2D eigenvalue weighted by Gasteiger charge is 2.52. The first-order valence-corrected chi connectivity index (χ1v) is 41.1. The number of aliphatic hydroxyl groups is 3. The van der Waals surface area contributed by atoms with E-state index in [0.29, 0.717) is 96.3 Å². The number of ether oxygens (including phenoxy) is 15. The van der Waals surface area contributed by atoms with Crippen LogP contribution in [0.1, 0.15) is 119 Å². The van der Waals surface area contributed by atoms with Crippen LogP contribution in [0.25, 0.3) is 0 Å². The van der Waals surface area contributed by atoms with E-state index in [1.54, 1.807) is 46.6 Å². The Morgan fingerprint density at radius 2 is 0.553 bits per heavy atom. The molecule has 0 aliphatic carbocycles. The topological polar surface area (TPSA) is 199 Å². The van der Waals surface area contributed by atoms with Crippen molar-refractivity contribution >= 4 is 0 Å². The summed E-state index contributed by atoms with van der Waals surface area (Å²) < 4.78 is 104. The van der Waals surface area contributed by atoms with Gasteiger partial charge in [0, 0.05) is 58.5 Å². The quantitative estimate of drug-likeness (QED) is 0.0350. The van der Waals surface area contributed by atoms with Crippen LogP contribution in [0.3, 0.4) is 0 Å². The van der Waals surface area contributed by atoms with Crippen molar-refractivity contribution in [2.75, 3.05) is 28.4 Å². The standard InChI is InChI=1S/C105H94O18/c1-109-81-48-45-75(51-85(81)111-3)101-80(106)56-79-84(110-2)57-88(112-4)94(104(79)122-101)98-96-91(120-66-74-43-27-12-28-44-74)58-90(119-65-73-41-25-11-26-42-73)95(105(96)123-103(100(98)108)77-47-50-83(115-61-69-33-17-7-18-34-69)87(53-77)117-63-71-37-21-9-22-38-71)97-93-89(118-64-72-39-23-10-24-40-72)54-78(113-59-67-29-13-5-14-30-67)55-92(93)121-102(99(97)107)76-46-49-82(114-60-68-31-15-6-16-32-68)86(52-76)116-62-70-35-19-8-20-36-70/h5-55,57-58,80,97-103,106-108H,56,59-66H2,1-4H3/t80-,97-,98+,99-,100-,101-,102-,103-/m1/s1. The summed E-state index contributed by atoms with van der Waals surface area (Å²) in [6.45, 7) is 0.952. The Hall–Kier alpha value is -14.0. The summed E-state index contributed by atoms with van der Waals surface area (Å²) in [4.78, 5) is 0. The number of fused-ring (bicyclic) bond motifs is 3. The van der Waals surface area contributed by atoms with Gasteiger partial charge in [0.05, 0.1) is 46.4 Å². The smallest absolute Gasteiger partial charge is 0.162 e. The van der Waals surface area contributed by atoms with Gasteiger partial charge in [0.15, 0.2) is 46.7 Å². The van der Waals surface area contributed by atoms with E-state index >= 15 is 0 Å². The summed E-state index contributed by atoms with van der Waals surface area (Å²) in [6.07, 6.45) is -8.15. The molecular weight excluding hydrogens is 1550 g/mol. The molecule has 3 heterocycles. The molecule has 18 nitrogen and oxygen atoms in total. The van der Waals surface area contributed by atoms with Gasteiger partial charge in [-0.1, -0.05) is 261 Å². The van der Waals surface area contributed by atoms with Crippen molar-refractivity contribution < 1.29 is 86.4 Å². The van der Waals surface area contributed by atoms with E-state index in [9.17, 15) is 15.3 Å². The third-order valence-electron chi connectivity index (χ3n) is 22.4. The van der Waals surface area contributed by atoms with Crippen LogP contribution in [0.5, 0.6) is 86.2 Å². The number of methoxy groups -OCH3 is 4. The lowest BCUT2D eigenvalue weighted by atomic mass is 9.73. The lowest BCUT2D eigenvalue weighted by Gasteiger charge is -2.44. The van der Waals surface area contributed by atoms with E-state index in [1.165, 1.54) is 0 Å². The van der Waals surface area contributed by atoms with Crippen molar-refractivity contribution in [3.05, 3.63) is 411 Å². The molecule has 0 fully saturated rings. The maximum Gasteiger partial charge on any atom is 0.162 e. The van der Waals surface area contributed by atoms with Crippen molar-refractivity contribution in [1.29, 1.82) is 0 Å². The summed E-state index contributed by atoms with van der Waals surface area (Å²) in [7, 11) is 6.20. The van der Waals surface area contributed by atoms with Gasteiger partial charge < -0.3 is 86.4 Å². The van der Waals surface area contributed by atoms with E-state index in [4.69, 9.17) is 71.1 Å². The molecule has 0 saturated heterocycles. The minimum Gasteiger partial charge on any atom is -0.496 e. The van der Waals surface area contributed by atoms with E-state index in [2.05, 4.69) is 0 Å². The average Bonchev–Trinajstić information content (AvgIpc) is 0.708. The molecule has 3 aliphatic rings. The monoisotopic (exact) mass is 1640 g/mol. The first-order chi connectivity index (χ1) is 60.5. The normalized spacial score (nSPS) is 17.3. The Labute approximate surface area is 715 Å². The molecule has 0 amide bonds. The fourth-order valence-corrected chi connectivity index (χ4v) is 16.3. The Morgan fingerprint density at radius 3 is 0.943 bits per heavy atom. The molecule has 123 heavy (non-hydrogen) atoms. The molecule has 8 atom stereocenters. The van der Waals surface area contributed by atoms with E-state index in [0.717, 1.165) is 44.5 Å². The molecule has 3 aliphatic heterocycles. The number of hydrogen-bond donors (Lipinski definition) is 3. The van der Waals surface area contributed by atoms with Gasteiger partial charge in [-0.05, 0) is 97.6 Å². The predicted molar refractivity (Wildman–Crippen MR) is 467 cm³/mol. The van der Waals surface area contributed by atoms with Crippen LogP contribution in [0.4, 0.5) is 0 Å². The Bertz CT molecular complexity index is 5870. The second-order valence-electron chi connectivity index (χ2n) is 30.4. The lowest BCUT2D eigenvalue weighted by molar-refractivity contribution is -0.00615. The first kappa shape index (κ1) is 81.3. The number of aliphatic hydroxyl groups excluding tert-OH is 3. The molecule has 0 spiro atoms. The molecule has 0 radical (unpaired) electrons. The fourth-order valence-electron chi connectivity index (χ4n) is 16.3. The molecule has 622 valence electrons. The Balaban J connectivity index is 0.948. The van der Waals surface area contributed by atoms with Crippen LogP contribution in [-0.4, -0.2) is 62.1 Å². The average molecular weight is 1640 g/mol. The summed E-state index contributed by atoms with van der Waals surface area (Å²) in [5.41, 5.74) is 10.4. The zero-order valence-corrected chi connectivity index (χ0v) is 68.5. The summed E-state index contributed by atoms with van der Waals surface area (Å²) in [5, 5.41) is 42.3. The van der Waals surface area contributed by atoms with Crippen molar-refractivity contribution in [2.45, 2.75) is 108 Å². The largest absolute Gasteiger partial charge is 0.496 e. The number of benzene rings is 14. The second-order valence-corrected chi connectivity index (χ2v) is 30.4. The first-order valence-electron chi connectivity index (χ1n) is 41.1. The van der Waals surface area contributed by atoms with Crippen molar-refractivity contribution in [1.82, 2.24) is 0 Å². The van der Waals surface area contributed by atoms with E-state index in [1.807, 2.05) is 303 Å². The number of rotatable bonds is 33. The van der Waals surface area contributed by atoms with Crippen LogP contribution in [0, 0.1) is 0 Å². The SMILES string of the molecule is COc1ccc([C@H]2Oc3c(c(OC)cc(OC)c3[C@H]3c4c(OCc5ccccc5)cc(OCc5ccccc5)c([C@H]5c6c(OCc7ccccc7)cc(OCc7ccccc7)cc6O[C@H](c6ccc(OCc7ccccc7)c(OCc7ccccc7)c6)[C@@H]5O)c4O[C@H](c4ccc(OCc5ccccc5)c(OCc5ccccc5)c4)[C@@H]3O)C[C@H]2O)cc1OC. The highest BCUT2D eigenvalue weighted by Crippen LogP contribution is 2.64. The van der Waals surface area contributed by atoms with Gasteiger partial charge in [-0.25, -0.2) is 0 Å². The summed E-state index contributed by atoms with van der Waals surface area (Å²) in [6, 6.07) is 102. The third kappa shape index (κ3) is 18.4.